The number of aromatic nitrogens is 1. The lowest BCUT2D eigenvalue weighted by atomic mass is 10.1. The molecule has 102 valence electrons. The summed E-state index contributed by atoms with van der Waals surface area (Å²) < 4.78 is 5.10. The third kappa shape index (κ3) is 2.90. The maximum Gasteiger partial charge on any atom is 0.334 e. The van der Waals surface area contributed by atoms with Gasteiger partial charge in [-0.25, -0.2) is 4.79 Å². The lowest BCUT2D eigenvalue weighted by molar-refractivity contribution is -0.154. The number of aliphatic carboxylic acids is 1. The van der Waals surface area contributed by atoms with Gasteiger partial charge in [-0.1, -0.05) is 0 Å². The zero-order valence-corrected chi connectivity index (χ0v) is 10.9. The molecular weight excluding hydrogens is 248 g/mol. The maximum absolute atomic E-state index is 12.3. The van der Waals surface area contributed by atoms with Crippen LogP contribution in [0.2, 0.25) is 0 Å². The summed E-state index contributed by atoms with van der Waals surface area (Å²) in [4.78, 5) is 29.0. The molecule has 1 amide bonds. The SMILES string of the molecule is Cc1ccc(C(=O)N2CCOC(C(=O)O)C2)c(C)n1. The number of morpholine rings is 1. The summed E-state index contributed by atoms with van der Waals surface area (Å²) in [7, 11) is 0. The zero-order chi connectivity index (χ0) is 14.0. The van der Waals surface area contributed by atoms with E-state index < -0.39 is 12.1 Å². The van der Waals surface area contributed by atoms with Crippen LogP contribution in [-0.4, -0.2) is 52.7 Å². The number of pyridine rings is 1. The van der Waals surface area contributed by atoms with Crippen molar-refractivity contribution in [3.63, 3.8) is 0 Å². The average Bonchev–Trinajstić information content (AvgIpc) is 2.38. The largest absolute Gasteiger partial charge is 0.479 e. The van der Waals surface area contributed by atoms with Crippen molar-refractivity contribution in [2.45, 2.75) is 20.0 Å². The Kier molecular flexibility index (Phi) is 3.80. The predicted octanol–water partition coefficient (Wildman–Crippen LogP) is 0.624. The molecule has 6 nitrogen and oxygen atoms in total. The van der Waals surface area contributed by atoms with Gasteiger partial charge in [0.1, 0.15) is 0 Å². The van der Waals surface area contributed by atoms with Gasteiger partial charge in [0.05, 0.1) is 24.4 Å². The first-order chi connectivity index (χ1) is 8.99. The number of rotatable bonds is 2. The monoisotopic (exact) mass is 264 g/mol. The van der Waals surface area contributed by atoms with E-state index in [9.17, 15) is 9.59 Å². The molecule has 1 saturated heterocycles. The Bertz CT molecular complexity index is 515. The fourth-order valence-electron chi connectivity index (χ4n) is 2.07. The van der Waals surface area contributed by atoms with Crippen LogP contribution in [0.5, 0.6) is 0 Å². The van der Waals surface area contributed by atoms with Crippen LogP contribution in [0.1, 0.15) is 21.7 Å². The van der Waals surface area contributed by atoms with E-state index in [1.165, 1.54) is 4.90 Å². The van der Waals surface area contributed by atoms with Gasteiger partial charge in [-0.2, -0.15) is 0 Å². The number of carbonyl (C=O) groups excluding carboxylic acids is 1. The van der Waals surface area contributed by atoms with Crippen LogP contribution in [-0.2, 0) is 9.53 Å². The van der Waals surface area contributed by atoms with Crippen molar-refractivity contribution in [2.75, 3.05) is 19.7 Å². The van der Waals surface area contributed by atoms with Crippen LogP contribution >= 0.6 is 0 Å². The van der Waals surface area contributed by atoms with Crippen LogP contribution in [0.4, 0.5) is 0 Å². The number of carboxylic acid groups (broad SMARTS) is 1. The van der Waals surface area contributed by atoms with E-state index in [-0.39, 0.29) is 19.1 Å². The smallest absolute Gasteiger partial charge is 0.334 e. The molecule has 1 aromatic rings. The van der Waals surface area contributed by atoms with Gasteiger partial charge in [-0.15, -0.1) is 0 Å². The van der Waals surface area contributed by atoms with Gasteiger partial charge in [0, 0.05) is 12.2 Å². The number of carbonyl (C=O) groups is 2. The molecule has 1 atom stereocenters. The molecule has 1 aliphatic rings. The molecule has 0 bridgehead atoms. The predicted molar refractivity (Wildman–Crippen MR) is 67.0 cm³/mol. The first kappa shape index (κ1) is 13.5. The maximum atomic E-state index is 12.3. The molecule has 1 fully saturated rings. The Balaban J connectivity index is 2.17. The minimum absolute atomic E-state index is 0.0709. The van der Waals surface area contributed by atoms with Crippen LogP contribution in [0.3, 0.4) is 0 Å². The molecule has 1 aliphatic heterocycles. The van der Waals surface area contributed by atoms with Crippen molar-refractivity contribution >= 4 is 11.9 Å². The van der Waals surface area contributed by atoms with Crippen molar-refractivity contribution in [3.05, 3.63) is 29.1 Å². The standard InChI is InChI=1S/C13H16N2O4/c1-8-3-4-10(9(2)14-8)12(16)15-5-6-19-11(7-15)13(17)18/h3-4,11H,5-7H2,1-2H3,(H,17,18). The van der Waals surface area contributed by atoms with Gasteiger partial charge in [-0.05, 0) is 26.0 Å². The average molecular weight is 264 g/mol. The Morgan fingerprint density at radius 3 is 2.79 bits per heavy atom. The summed E-state index contributed by atoms with van der Waals surface area (Å²) in [5.74, 6) is -1.24. The normalized spacial score (nSPS) is 19.3. The number of hydrogen-bond donors (Lipinski definition) is 1. The molecule has 0 aromatic carbocycles. The number of nitrogens with zero attached hydrogens (tertiary/aromatic N) is 2. The van der Waals surface area contributed by atoms with E-state index in [4.69, 9.17) is 9.84 Å². The Hall–Kier alpha value is -1.95. The Morgan fingerprint density at radius 2 is 2.16 bits per heavy atom. The van der Waals surface area contributed by atoms with Crippen molar-refractivity contribution in [1.82, 2.24) is 9.88 Å². The van der Waals surface area contributed by atoms with Crippen LogP contribution in [0.15, 0.2) is 12.1 Å². The number of ether oxygens (including phenoxy) is 1. The molecule has 0 saturated carbocycles. The highest BCUT2D eigenvalue weighted by Gasteiger charge is 2.30. The van der Waals surface area contributed by atoms with E-state index in [1.54, 1.807) is 19.1 Å². The second-order valence-corrected chi connectivity index (χ2v) is 4.53. The topological polar surface area (TPSA) is 79.7 Å². The van der Waals surface area contributed by atoms with Crippen molar-refractivity contribution in [2.24, 2.45) is 0 Å². The second-order valence-electron chi connectivity index (χ2n) is 4.53. The molecule has 0 spiro atoms. The van der Waals surface area contributed by atoms with Gasteiger partial charge < -0.3 is 14.7 Å². The van der Waals surface area contributed by atoms with Crippen molar-refractivity contribution in [3.8, 4) is 0 Å². The van der Waals surface area contributed by atoms with Gasteiger partial charge in [-0.3, -0.25) is 9.78 Å². The third-order valence-corrected chi connectivity index (χ3v) is 3.08. The number of hydrogen-bond acceptors (Lipinski definition) is 4. The van der Waals surface area contributed by atoms with Gasteiger partial charge in [0.2, 0.25) is 0 Å². The minimum Gasteiger partial charge on any atom is -0.479 e. The van der Waals surface area contributed by atoms with E-state index in [2.05, 4.69) is 4.98 Å². The van der Waals surface area contributed by atoms with E-state index >= 15 is 0 Å². The highest BCUT2D eigenvalue weighted by atomic mass is 16.5. The van der Waals surface area contributed by atoms with Crippen molar-refractivity contribution < 1.29 is 19.4 Å². The molecule has 0 aliphatic carbocycles. The summed E-state index contributed by atoms with van der Waals surface area (Å²) >= 11 is 0. The molecule has 6 heteroatoms. The Morgan fingerprint density at radius 1 is 1.42 bits per heavy atom. The van der Waals surface area contributed by atoms with Crippen LogP contribution in [0, 0.1) is 13.8 Å². The van der Waals surface area contributed by atoms with Crippen LogP contribution < -0.4 is 0 Å². The second kappa shape index (κ2) is 5.36. The fraction of sp³-hybridized carbons (Fsp3) is 0.462. The van der Waals surface area contributed by atoms with Crippen LogP contribution in [0.25, 0.3) is 0 Å². The van der Waals surface area contributed by atoms with Gasteiger partial charge >= 0.3 is 5.97 Å². The zero-order valence-electron chi connectivity index (χ0n) is 10.9. The van der Waals surface area contributed by atoms with E-state index in [0.29, 0.717) is 17.8 Å². The third-order valence-electron chi connectivity index (χ3n) is 3.08. The summed E-state index contributed by atoms with van der Waals surface area (Å²) in [5, 5.41) is 8.92. The summed E-state index contributed by atoms with van der Waals surface area (Å²) in [6.07, 6.45) is -0.948. The molecule has 1 aromatic heterocycles. The lowest BCUT2D eigenvalue weighted by Gasteiger charge is -2.31. The first-order valence-corrected chi connectivity index (χ1v) is 6.07. The first-order valence-electron chi connectivity index (χ1n) is 6.07. The van der Waals surface area contributed by atoms with Crippen molar-refractivity contribution in [1.29, 1.82) is 0 Å². The number of aryl methyl sites for hydroxylation is 2. The number of carboxylic acids is 1. The summed E-state index contributed by atoms with van der Waals surface area (Å²) in [6, 6.07) is 3.50. The van der Waals surface area contributed by atoms with Gasteiger partial charge in [0.25, 0.3) is 5.91 Å². The molecule has 1 N–H and O–H groups in total. The quantitative estimate of drug-likeness (QED) is 0.847. The molecule has 1 unspecified atom stereocenters. The minimum atomic E-state index is -1.05. The highest BCUT2D eigenvalue weighted by Crippen LogP contribution is 2.13. The number of amides is 1. The highest BCUT2D eigenvalue weighted by molar-refractivity contribution is 5.95. The Labute approximate surface area is 111 Å². The lowest BCUT2D eigenvalue weighted by Crippen LogP contribution is -2.48. The molecule has 19 heavy (non-hydrogen) atoms. The molecule has 2 heterocycles. The molecular formula is C13H16N2O4. The molecule has 0 radical (unpaired) electrons. The summed E-state index contributed by atoms with van der Waals surface area (Å²) in [5.41, 5.74) is 2.01. The van der Waals surface area contributed by atoms with Gasteiger partial charge in [0.15, 0.2) is 6.10 Å². The summed E-state index contributed by atoms with van der Waals surface area (Å²) in [6.45, 7) is 4.34. The van der Waals surface area contributed by atoms with E-state index in [0.717, 1.165) is 5.69 Å². The van der Waals surface area contributed by atoms with E-state index in [1.807, 2.05) is 6.92 Å². The molecule has 2 rings (SSSR count). The fourth-order valence-corrected chi connectivity index (χ4v) is 2.07.